The molecule has 2 nitrogen and oxygen atoms in total. The zero-order valence-electron chi connectivity index (χ0n) is 6.59. The first-order valence-electron chi connectivity index (χ1n) is 3.42. The third kappa shape index (κ3) is 1.29. The molecule has 46 valence electrons. The highest BCUT2D eigenvalue weighted by Crippen LogP contribution is 1.96. The Morgan fingerprint density at radius 2 is 2.44 bits per heavy atom. The molecule has 0 unspecified atom stereocenters. The number of benzene rings is 1. The molecule has 0 spiro atoms. The van der Waals surface area contributed by atoms with Crippen LogP contribution in [-0.4, -0.2) is 11.1 Å². The van der Waals surface area contributed by atoms with E-state index in [4.69, 9.17) is 7.85 Å². The van der Waals surface area contributed by atoms with Crippen molar-refractivity contribution in [2.75, 3.05) is 0 Å². The topological polar surface area (TPSA) is 37.3 Å². The van der Waals surface area contributed by atoms with Crippen LogP contribution in [0.3, 0.4) is 0 Å². The van der Waals surface area contributed by atoms with Crippen LogP contribution in [0.5, 0.6) is 0 Å². The largest absolute Gasteiger partial charge is 0.478 e. The Hall–Kier alpha value is -1.31. The van der Waals surface area contributed by atoms with Gasteiger partial charge in [0.25, 0.3) is 0 Å². The van der Waals surface area contributed by atoms with Crippen LogP contribution in [0.25, 0.3) is 0 Å². The van der Waals surface area contributed by atoms with Crippen molar-refractivity contribution >= 4 is 5.97 Å². The monoisotopic (exact) mass is 124 g/mol. The van der Waals surface area contributed by atoms with Gasteiger partial charge in [0.15, 0.2) is 0 Å². The summed E-state index contributed by atoms with van der Waals surface area (Å²) >= 11 is 0. The molecule has 0 bridgehead atoms. The molecular formula is C7H6O2. The molecule has 1 aromatic rings. The van der Waals surface area contributed by atoms with Gasteiger partial charge in [-0.1, -0.05) is 18.2 Å². The summed E-state index contributed by atoms with van der Waals surface area (Å²) in [7, 11) is 0. The molecule has 0 saturated heterocycles. The first-order valence-corrected chi connectivity index (χ1v) is 2.42. The fourth-order valence-electron chi connectivity index (χ4n) is 0.476. The minimum Gasteiger partial charge on any atom is -0.478 e. The van der Waals surface area contributed by atoms with Gasteiger partial charge in [0.1, 0.15) is 0 Å². The van der Waals surface area contributed by atoms with Gasteiger partial charge >= 0.3 is 5.97 Å². The summed E-state index contributed by atoms with van der Waals surface area (Å²) in [4.78, 5) is 10.4. The maximum Gasteiger partial charge on any atom is 0.335 e. The third-order valence-electron chi connectivity index (χ3n) is 0.876. The van der Waals surface area contributed by atoms with Gasteiger partial charge in [-0.05, 0) is 12.1 Å². The zero-order chi connectivity index (χ0) is 8.43. The van der Waals surface area contributed by atoms with E-state index in [1.807, 2.05) is 0 Å². The first-order chi connectivity index (χ1) is 5.11. The standard InChI is InChI=1S/C7H6O2/c8-7(9)6-4-2-1-3-5-6/h1-5H,(H,8,9)/i2D,5D. The van der Waals surface area contributed by atoms with Crippen LogP contribution in [0.4, 0.5) is 0 Å². The molecule has 1 aromatic carbocycles. The highest BCUT2D eigenvalue weighted by atomic mass is 16.4. The summed E-state index contributed by atoms with van der Waals surface area (Å²) in [5.74, 6) is -1.16. The van der Waals surface area contributed by atoms with E-state index in [0.29, 0.717) is 0 Å². The van der Waals surface area contributed by atoms with Gasteiger partial charge in [-0.3, -0.25) is 0 Å². The molecule has 0 fully saturated rings. The highest BCUT2D eigenvalue weighted by Gasteiger charge is 1.96. The number of carboxylic acids is 1. The molecule has 0 aliphatic heterocycles. The SMILES string of the molecule is [2H]c1ccc([2H])c(C(=O)O)c1. The summed E-state index contributed by atoms with van der Waals surface area (Å²) in [5.41, 5.74) is -0.127. The van der Waals surface area contributed by atoms with Crippen molar-refractivity contribution in [3.8, 4) is 0 Å². The van der Waals surface area contributed by atoms with Gasteiger partial charge in [-0.25, -0.2) is 4.79 Å². The van der Waals surface area contributed by atoms with E-state index < -0.39 is 5.97 Å². The number of aromatic carboxylic acids is 1. The van der Waals surface area contributed by atoms with Crippen molar-refractivity contribution in [3.05, 3.63) is 35.8 Å². The molecule has 1 rings (SSSR count). The Bertz CT molecular complexity index is 296. The van der Waals surface area contributed by atoms with Crippen LogP contribution in [0.1, 0.15) is 13.1 Å². The lowest BCUT2D eigenvalue weighted by atomic mass is 10.2. The van der Waals surface area contributed by atoms with Crippen LogP contribution in [0.2, 0.25) is 0 Å². The van der Waals surface area contributed by atoms with E-state index in [9.17, 15) is 4.79 Å². The number of carboxylic acid groups (broad SMARTS) is 1. The Balaban J connectivity index is 3.23. The van der Waals surface area contributed by atoms with Crippen LogP contribution in [0.15, 0.2) is 30.3 Å². The second-order valence-corrected chi connectivity index (χ2v) is 1.51. The predicted molar refractivity (Wildman–Crippen MR) is 33.4 cm³/mol. The molecule has 0 aromatic heterocycles. The molecule has 0 amide bonds. The average molecular weight is 124 g/mol. The lowest BCUT2D eigenvalue weighted by Crippen LogP contribution is -1.93. The molecule has 0 atom stereocenters. The lowest BCUT2D eigenvalue weighted by molar-refractivity contribution is 0.0697. The molecule has 0 saturated carbocycles. The summed E-state index contributed by atoms with van der Waals surface area (Å²) < 4.78 is 14.2. The molecule has 2 heteroatoms. The maximum absolute atomic E-state index is 10.4. The fraction of sp³-hybridized carbons (Fsp3) is 0. The Morgan fingerprint density at radius 3 is 3.00 bits per heavy atom. The van der Waals surface area contributed by atoms with Crippen LogP contribution < -0.4 is 0 Å². The summed E-state index contributed by atoms with van der Waals surface area (Å²) in [6.45, 7) is 0. The van der Waals surface area contributed by atoms with E-state index in [-0.39, 0.29) is 17.6 Å². The second kappa shape index (κ2) is 2.31. The second-order valence-electron chi connectivity index (χ2n) is 1.51. The molecule has 9 heavy (non-hydrogen) atoms. The van der Waals surface area contributed by atoms with E-state index in [0.717, 1.165) is 6.07 Å². The molecule has 0 aliphatic rings. The highest BCUT2D eigenvalue weighted by molar-refractivity contribution is 5.87. The molecule has 0 heterocycles. The minimum atomic E-state index is -1.16. The maximum atomic E-state index is 10.4. The normalized spacial score (nSPS) is 12.0. The van der Waals surface area contributed by atoms with E-state index in [1.54, 1.807) is 0 Å². The van der Waals surface area contributed by atoms with Crippen molar-refractivity contribution in [3.63, 3.8) is 0 Å². The third-order valence-corrected chi connectivity index (χ3v) is 0.876. The van der Waals surface area contributed by atoms with Crippen molar-refractivity contribution in [2.24, 2.45) is 0 Å². The number of carbonyl (C=O) groups is 1. The summed E-state index contributed by atoms with van der Waals surface area (Å²) in [6.07, 6.45) is 0. The van der Waals surface area contributed by atoms with Crippen molar-refractivity contribution in [2.45, 2.75) is 0 Å². The van der Waals surface area contributed by atoms with Gasteiger partial charge < -0.3 is 5.11 Å². The van der Waals surface area contributed by atoms with Crippen LogP contribution >= 0.6 is 0 Å². The van der Waals surface area contributed by atoms with Gasteiger partial charge in [0, 0.05) is 0 Å². The summed E-state index contributed by atoms with van der Waals surface area (Å²) in [6, 6.07) is 3.89. The Kier molecular flexibility index (Phi) is 0.939. The van der Waals surface area contributed by atoms with Crippen LogP contribution in [-0.2, 0) is 0 Å². The van der Waals surface area contributed by atoms with Crippen molar-refractivity contribution in [1.29, 1.82) is 0 Å². The van der Waals surface area contributed by atoms with Crippen molar-refractivity contribution < 1.29 is 12.6 Å². The van der Waals surface area contributed by atoms with E-state index in [2.05, 4.69) is 0 Å². The van der Waals surface area contributed by atoms with E-state index >= 15 is 0 Å². The fourth-order valence-corrected chi connectivity index (χ4v) is 0.476. The average Bonchev–Trinajstić information content (AvgIpc) is 1.94. The van der Waals surface area contributed by atoms with Gasteiger partial charge in [-0.2, -0.15) is 0 Å². The predicted octanol–water partition coefficient (Wildman–Crippen LogP) is 1.38. The van der Waals surface area contributed by atoms with E-state index in [1.165, 1.54) is 12.1 Å². The molecule has 1 N–H and O–H groups in total. The number of hydrogen-bond donors (Lipinski definition) is 1. The molecule has 0 aliphatic carbocycles. The lowest BCUT2D eigenvalue weighted by Gasteiger charge is -1.88. The quantitative estimate of drug-likeness (QED) is 0.614. The Morgan fingerprint density at radius 1 is 1.67 bits per heavy atom. The van der Waals surface area contributed by atoms with Gasteiger partial charge in [0.05, 0.1) is 8.30 Å². The minimum absolute atomic E-state index is 0.0616. The number of hydrogen-bond acceptors (Lipinski definition) is 1. The van der Waals surface area contributed by atoms with Crippen molar-refractivity contribution in [1.82, 2.24) is 0 Å². The van der Waals surface area contributed by atoms with Gasteiger partial charge in [0.2, 0.25) is 0 Å². The smallest absolute Gasteiger partial charge is 0.335 e. The molecule has 0 radical (unpaired) electrons. The number of rotatable bonds is 1. The zero-order valence-corrected chi connectivity index (χ0v) is 4.59. The first kappa shape index (κ1) is 3.67. The van der Waals surface area contributed by atoms with Gasteiger partial charge in [-0.15, -0.1) is 0 Å². The summed E-state index contributed by atoms with van der Waals surface area (Å²) in [5, 5.41) is 8.49. The van der Waals surface area contributed by atoms with Crippen LogP contribution in [0, 0.1) is 0 Å². The Labute approximate surface area is 55.6 Å². The molecular weight excluding hydrogens is 116 g/mol.